The first-order chi connectivity index (χ1) is 14.3. The average molecular weight is 380 g/mol. The monoisotopic (exact) mass is 380 g/mol. The van der Waals surface area contributed by atoms with E-state index in [-0.39, 0.29) is 0 Å². The highest BCUT2D eigenvalue weighted by Gasteiger charge is 2.28. The zero-order chi connectivity index (χ0) is 19.5. The number of hydrogen-bond donors (Lipinski definition) is 0. The summed E-state index contributed by atoms with van der Waals surface area (Å²) in [6, 6.07) is 20.8. The minimum Gasteiger partial charge on any atom is -0.298 e. The average Bonchev–Trinajstić information content (AvgIpc) is 3.45. The van der Waals surface area contributed by atoms with Crippen molar-refractivity contribution in [1.29, 1.82) is 0 Å². The van der Waals surface area contributed by atoms with Crippen LogP contribution in [0.4, 0.5) is 0 Å². The Balaban J connectivity index is 1.19. The molecule has 0 spiro atoms. The molecule has 1 atom stereocenters. The quantitative estimate of drug-likeness (QED) is 0.635. The predicted octanol–water partition coefficient (Wildman–Crippen LogP) is 4.85. The van der Waals surface area contributed by atoms with Gasteiger partial charge in [0.1, 0.15) is 0 Å². The van der Waals surface area contributed by atoms with Gasteiger partial charge < -0.3 is 0 Å². The number of likely N-dealkylation sites (tertiary alicyclic amines) is 1. The van der Waals surface area contributed by atoms with Crippen LogP contribution < -0.4 is 0 Å². The number of benzene rings is 2. The van der Waals surface area contributed by atoms with Gasteiger partial charge in [0, 0.05) is 60.9 Å². The van der Waals surface area contributed by atoms with Crippen LogP contribution in [-0.2, 0) is 6.54 Å². The lowest BCUT2D eigenvalue weighted by Crippen LogP contribution is -2.22. The highest BCUT2D eigenvalue weighted by Crippen LogP contribution is 2.30. The van der Waals surface area contributed by atoms with Gasteiger partial charge in [-0.25, -0.2) is 9.97 Å². The smallest absolute Gasteiger partial charge is 0.159 e. The fourth-order valence-corrected chi connectivity index (χ4v) is 4.19. The van der Waals surface area contributed by atoms with E-state index in [1.165, 1.54) is 23.3 Å². The SMILES string of the molecule is C1=C(c2cnc(-c3ccccc3)nc2)CC(C2CCN(Cc3ccccc3)C2)=N1. The van der Waals surface area contributed by atoms with Crippen molar-refractivity contribution < 1.29 is 0 Å². The summed E-state index contributed by atoms with van der Waals surface area (Å²) in [6.45, 7) is 3.26. The van der Waals surface area contributed by atoms with Gasteiger partial charge >= 0.3 is 0 Å². The van der Waals surface area contributed by atoms with Crippen LogP contribution in [0.25, 0.3) is 17.0 Å². The van der Waals surface area contributed by atoms with E-state index in [2.05, 4.69) is 45.2 Å². The number of aromatic nitrogens is 2. The maximum absolute atomic E-state index is 4.77. The minimum atomic E-state index is 0.553. The molecule has 1 aromatic heterocycles. The lowest BCUT2D eigenvalue weighted by molar-refractivity contribution is 0.326. The molecule has 29 heavy (non-hydrogen) atoms. The summed E-state index contributed by atoms with van der Waals surface area (Å²) in [4.78, 5) is 16.4. The van der Waals surface area contributed by atoms with E-state index in [9.17, 15) is 0 Å². The number of nitrogens with zero attached hydrogens (tertiary/aromatic N) is 4. The van der Waals surface area contributed by atoms with Crippen LogP contribution in [0.1, 0.15) is 24.0 Å². The third-order valence-electron chi connectivity index (χ3n) is 5.81. The van der Waals surface area contributed by atoms with Crippen LogP contribution in [0.2, 0.25) is 0 Å². The van der Waals surface area contributed by atoms with Crippen LogP contribution in [0.15, 0.2) is 84.2 Å². The molecule has 0 bridgehead atoms. The van der Waals surface area contributed by atoms with Gasteiger partial charge in [-0.1, -0.05) is 60.7 Å². The molecule has 0 saturated carbocycles. The molecule has 4 nitrogen and oxygen atoms in total. The second kappa shape index (κ2) is 8.10. The molecule has 1 fully saturated rings. The van der Waals surface area contributed by atoms with Crippen LogP contribution in [0.3, 0.4) is 0 Å². The first-order valence-corrected chi connectivity index (χ1v) is 10.2. The van der Waals surface area contributed by atoms with Crippen molar-refractivity contribution in [2.75, 3.05) is 13.1 Å². The van der Waals surface area contributed by atoms with E-state index in [1.54, 1.807) is 0 Å². The molecule has 1 unspecified atom stereocenters. The van der Waals surface area contributed by atoms with Crippen LogP contribution >= 0.6 is 0 Å². The molecule has 2 aromatic carbocycles. The molecule has 144 valence electrons. The number of rotatable bonds is 5. The maximum atomic E-state index is 4.77. The largest absolute Gasteiger partial charge is 0.298 e. The van der Waals surface area contributed by atoms with E-state index in [0.29, 0.717) is 5.92 Å². The third-order valence-corrected chi connectivity index (χ3v) is 5.81. The van der Waals surface area contributed by atoms with Gasteiger partial charge in [-0.2, -0.15) is 0 Å². The third kappa shape index (κ3) is 4.03. The molecule has 2 aliphatic heterocycles. The minimum absolute atomic E-state index is 0.553. The molecule has 0 N–H and O–H groups in total. The van der Waals surface area contributed by atoms with Crippen LogP contribution in [0, 0.1) is 5.92 Å². The normalized spacial score (nSPS) is 19.2. The van der Waals surface area contributed by atoms with E-state index >= 15 is 0 Å². The summed E-state index contributed by atoms with van der Waals surface area (Å²) in [7, 11) is 0. The summed E-state index contributed by atoms with van der Waals surface area (Å²) in [5.74, 6) is 1.32. The van der Waals surface area contributed by atoms with Crippen molar-refractivity contribution in [2.24, 2.45) is 10.9 Å². The Labute approximate surface area is 171 Å². The topological polar surface area (TPSA) is 41.4 Å². The highest BCUT2D eigenvalue weighted by atomic mass is 15.1. The molecular weight excluding hydrogens is 356 g/mol. The summed E-state index contributed by atoms with van der Waals surface area (Å²) in [5, 5.41) is 0. The van der Waals surface area contributed by atoms with Gasteiger partial charge in [0.2, 0.25) is 0 Å². The van der Waals surface area contributed by atoms with Gasteiger partial charge in [-0.05, 0) is 24.1 Å². The fraction of sp³-hybridized carbons (Fsp3) is 0.240. The molecule has 1 saturated heterocycles. The summed E-state index contributed by atoms with van der Waals surface area (Å²) >= 11 is 0. The molecule has 3 heterocycles. The number of aliphatic imine (C=N–C) groups is 1. The molecule has 4 heteroatoms. The summed E-state index contributed by atoms with van der Waals surface area (Å²) in [5.41, 5.74) is 6.03. The molecule has 5 rings (SSSR count). The summed E-state index contributed by atoms with van der Waals surface area (Å²) in [6.07, 6.45) is 7.97. The van der Waals surface area contributed by atoms with Crippen molar-refractivity contribution in [3.05, 3.63) is 90.4 Å². The van der Waals surface area contributed by atoms with E-state index in [4.69, 9.17) is 4.99 Å². The molecule has 0 radical (unpaired) electrons. The van der Waals surface area contributed by atoms with Crippen LogP contribution in [0.5, 0.6) is 0 Å². The molecule has 2 aliphatic rings. The van der Waals surface area contributed by atoms with Crippen molar-refractivity contribution >= 4 is 11.3 Å². The molecule has 0 amide bonds. The number of hydrogen-bond acceptors (Lipinski definition) is 4. The van der Waals surface area contributed by atoms with E-state index in [0.717, 1.165) is 43.0 Å². The zero-order valence-corrected chi connectivity index (χ0v) is 16.4. The van der Waals surface area contributed by atoms with Crippen molar-refractivity contribution in [3.63, 3.8) is 0 Å². The zero-order valence-electron chi connectivity index (χ0n) is 16.4. The fourth-order valence-electron chi connectivity index (χ4n) is 4.19. The lowest BCUT2D eigenvalue weighted by atomic mass is 9.96. The second-order valence-corrected chi connectivity index (χ2v) is 7.82. The van der Waals surface area contributed by atoms with E-state index < -0.39 is 0 Å². The first kappa shape index (κ1) is 18.0. The van der Waals surface area contributed by atoms with Gasteiger partial charge in [-0.3, -0.25) is 9.89 Å². The van der Waals surface area contributed by atoms with E-state index in [1.807, 2.05) is 48.9 Å². The van der Waals surface area contributed by atoms with Gasteiger partial charge in [0.15, 0.2) is 5.82 Å². The molecular formula is C25H24N4. The Morgan fingerprint density at radius 3 is 2.34 bits per heavy atom. The lowest BCUT2D eigenvalue weighted by Gasteiger charge is -2.16. The van der Waals surface area contributed by atoms with Gasteiger partial charge in [-0.15, -0.1) is 0 Å². The van der Waals surface area contributed by atoms with Crippen molar-refractivity contribution in [1.82, 2.24) is 14.9 Å². The number of allylic oxidation sites excluding steroid dienone is 1. The Bertz CT molecular complexity index is 1020. The maximum Gasteiger partial charge on any atom is 0.159 e. The Kier molecular flexibility index (Phi) is 5.01. The van der Waals surface area contributed by atoms with Gasteiger partial charge in [0.05, 0.1) is 0 Å². The van der Waals surface area contributed by atoms with Crippen LogP contribution in [-0.4, -0.2) is 33.7 Å². The molecule has 3 aromatic rings. The van der Waals surface area contributed by atoms with Crippen molar-refractivity contribution in [2.45, 2.75) is 19.4 Å². The van der Waals surface area contributed by atoms with Crippen molar-refractivity contribution in [3.8, 4) is 11.4 Å². The Morgan fingerprint density at radius 2 is 1.59 bits per heavy atom. The highest BCUT2D eigenvalue weighted by molar-refractivity contribution is 5.99. The Morgan fingerprint density at radius 1 is 0.862 bits per heavy atom. The first-order valence-electron chi connectivity index (χ1n) is 10.2. The molecule has 0 aliphatic carbocycles. The Hall–Kier alpha value is -3.11. The standard InChI is InChI=1S/C25H24N4/c1-3-7-19(8-4-1)17-29-12-11-21(18-29)24-13-22(14-26-24)23-15-27-25(28-16-23)20-9-5-2-6-10-20/h1-10,14-16,21H,11-13,17-18H2. The van der Waals surface area contributed by atoms with Gasteiger partial charge in [0.25, 0.3) is 0 Å². The second-order valence-electron chi connectivity index (χ2n) is 7.82. The summed E-state index contributed by atoms with van der Waals surface area (Å²) < 4.78 is 0. The predicted molar refractivity (Wildman–Crippen MR) is 117 cm³/mol.